The molecule has 2 heteroatoms. The first kappa shape index (κ1) is 7.10. The van der Waals surface area contributed by atoms with E-state index in [0.717, 1.165) is 11.3 Å². The summed E-state index contributed by atoms with van der Waals surface area (Å²) >= 11 is 0. The monoisotopic (exact) mass is 157 g/mol. The molecule has 0 aliphatic carbocycles. The van der Waals surface area contributed by atoms with E-state index >= 15 is 0 Å². The summed E-state index contributed by atoms with van der Waals surface area (Å²) in [4.78, 5) is 0. The van der Waals surface area contributed by atoms with E-state index in [2.05, 4.69) is 29.3 Å². The maximum Gasteiger partial charge on any atom is 0.100 e. The van der Waals surface area contributed by atoms with Crippen molar-refractivity contribution < 1.29 is 0 Å². The number of H-pyrrole nitrogens is 1. The highest BCUT2D eigenvalue weighted by Gasteiger charge is 2.01. The Balaban J connectivity index is 2.55. The van der Waals surface area contributed by atoms with Crippen LogP contribution in [0.2, 0.25) is 0 Å². The lowest BCUT2D eigenvalue weighted by Gasteiger charge is -1.99. The zero-order chi connectivity index (χ0) is 8.39. The molecule has 2 aromatic rings. The summed E-state index contributed by atoms with van der Waals surface area (Å²) in [6.45, 7) is 2.07. The Morgan fingerprint density at radius 3 is 2.83 bits per heavy atom. The molecular weight excluding hydrogens is 148 g/mol. The van der Waals surface area contributed by atoms with Crippen LogP contribution in [0.25, 0.3) is 11.3 Å². The smallest absolute Gasteiger partial charge is 0.100 e. The average Bonchev–Trinajstić information content (AvgIpc) is 2.57. The number of aromatic amines is 1. The maximum atomic E-state index is 4.07. The highest BCUT2D eigenvalue weighted by atomic mass is 15.1. The molecule has 0 amide bonds. The fourth-order valence-electron chi connectivity index (χ4n) is 1.21. The molecule has 0 aliphatic heterocycles. The van der Waals surface area contributed by atoms with Gasteiger partial charge in [0.05, 0.1) is 0 Å². The highest BCUT2D eigenvalue weighted by Crippen LogP contribution is 2.19. The summed E-state index contributed by atoms with van der Waals surface area (Å²) in [6, 6.07) is 11.2. The summed E-state index contributed by atoms with van der Waals surface area (Å²) < 4.78 is 0. The third-order valence-electron chi connectivity index (χ3n) is 1.85. The molecule has 0 atom stereocenters. The molecule has 2 nitrogen and oxygen atoms in total. The van der Waals surface area contributed by atoms with Gasteiger partial charge in [0.2, 0.25) is 0 Å². The molecule has 0 spiro atoms. The van der Waals surface area contributed by atoms with Gasteiger partial charge in [-0.15, -0.1) is 0 Å². The van der Waals surface area contributed by atoms with Crippen LogP contribution in [0.1, 0.15) is 5.56 Å². The number of benzene rings is 1. The average molecular weight is 157 g/mol. The van der Waals surface area contributed by atoms with Crippen molar-refractivity contribution >= 4 is 0 Å². The molecule has 2 rings (SSSR count). The number of aromatic nitrogens is 2. The Morgan fingerprint density at radius 2 is 2.17 bits per heavy atom. The van der Waals surface area contributed by atoms with Crippen molar-refractivity contribution in [3.8, 4) is 11.3 Å². The molecule has 12 heavy (non-hydrogen) atoms. The van der Waals surface area contributed by atoms with Gasteiger partial charge in [-0.1, -0.05) is 24.3 Å². The van der Waals surface area contributed by atoms with Crippen LogP contribution in [0.3, 0.4) is 0 Å². The van der Waals surface area contributed by atoms with Gasteiger partial charge >= 0.3 is 0 Å². The molecular formula is C10H9N2. The minimum absolute atomic E-state index is 0.883. The Bertz CT molecular complexity index is 363. The summed E-state index contributed by atoms with van der Waals surface area (Å²) in [6.07, 6.45) is 1.71. The Kier molecular flexibility index (Phi) is 1.67. The lowest BCUT2D eigenvalue weighted by molar-refractivity contribution is 1.09. The van der Waals surface area contributed by atoms with Crippen molar-refractivity contribution in [1.29, 1.82) is 0 Å². The molecule has 0 bridgehead atoms. The number of rotatable bonds is 1. The lowest BCUT2D eigenvalue weighted by Crippen LogP contribution is -1.82. The minimum Gasteiger partial charge on any atom is -0.284 e. The van der Waals surface area contributed by atoms with E-state index in [9.17, 15) is 0 Å². The summed E-state index contributed by atoms with van der Waals surface area (Å²) in [5, 5.41) is 6.82. The van der Waals surface area contributed by atoms with Gasteiger partial charge in [-0.05, 0) is 12.5 Å². The standard InChI is InChI=1S/C10H9N2/c1-8-4-2-3-5-9(8)10-6-7-11-12-10/h2-5,7H,1H3,(H,11,12). The van der Waals surface area contributed by atoms with Gasteiger partial charge in [-0.2, -0.15) is 5.10 Å². The zero-order valence-corrected chi connectivity index (χ0v) is 6.83. The van der Waals surface area contributed by atoms with Gasteiger partial charge < -0.3 is 0 Å². The van der Waals surface area contributed by atoms with E-state index in [1.165, 1.54) is 5.56 Å². The van der Waals surface area contributed by atoms with Crippen molar-refractivity contribution in [2.45, 2.75) is 6.92 Å². The number of aryl methyl sites for hydroxylation is 1. The predicted octanol–water partition coefficient (Wildman–Crippen LogP) is 2.19. The van der Waals surface area contributed by atoms with Gasteiger partial charge in [0.25, 0.3) is 0 Å². The van der Waals surface area contributed by atoms with Crippen molar-refractivity contribution in [2.75, 3.05) is 0 Å². The minimum atomic E-state index is 0.883. The molecule has 1 aromatic carbocycles. The molecule has 0 fully saturated rings. The summed E-state index contributed by atoms with van der Waals surface area (Å²) in [5.41, 5.74) is 3.24. The van der Waals surface area contributed by atoms with Crippen LogP contribution in [0, 0.1) is 13.0 Å². The van der Waals surface area contributed by atoms with Crippen LogP contribution >= 0.6 is 0 Å². The van der Waals surface area contributed by atoms with Crippen molar-refractivity contribution in [3.05, 3.63) is 42.1 Å². The lowest BCUT2D eigenvalue weighted by atomic mass is 10.1. The second-order valence-electron chi connectivity index (χ2n) is 2.69. The van der Waals surface area contributed by atoms with E-state index in [1.807, 2.05) is 18.2 Å². The fraction of sp³-hybridized carbons (Fsp3) is 0.100. The number of hydrogen-bond acceptors (Lipinski definition) is 1. The van der Waals surface area contributed by atoms with Crippen LogP contribution < -0.4 is 0 Å². The normalized spacial score (nSPS) is 10.1. The molecule has 1 radical (unpaired) electrons. The maximum absolute atomic E-state index is 4.07. The molecule has 1 aromatic heterocycles. The van der Waals surface area contributed by atoms with Crippen LogP contribution in [0.5, 0.6) is 0 Å². The van der Waals surface area contributed by atoms with Crippen molar-refractivity contribution in [3.63, 3.8) is 0 Å². The van der Waals surface area contributed by atoms with Crippen LogP contribution in [0.4, 0.5) is 0 Å². The van der Waals surface area contributed by atoms with Gasteiger partial charge in [0.1, 0.15) is 5.69 Å². The third-order valence-corrected chi connectivity index (χ3v) is 1.85. The quantitative estimate of drug-likeness (QED) is 0.675. The van der Waals surface area contributed by atoms with Gasteiger partial charge in [-0.3, -0.25) is 5.10 Å². The molecule has 0 aliphatic rings. The van der Waals surface area contributed by atoms with Crippen LogP contribution in [0.15, 0.2) is 30.5 Å². The first-order valence-corrected chi connectivity index (χ1v) is 3.85. The van der Waals surface area contributed by atoms with Crippen LogP contribution in [-0.2, 0) is 0 Å². The fourth-order valence-corrected chi connectivity index (χ4v) is 1.21. The molecule has 0 unspecified atom stereocenters. The predicted molar refractivity (Wildman–Crippen MR) is 47.6 cm³/mol. The first-order valence-electron chi connectivity index (χ1n) is 3.85. The summed E-state index contributed by atoms with van der Waals surface area (Å²) in [5.74, 6) is 0. The molecule has 0 saturated carbocycles. The third kappa shape index (κ3) is 1.11. The van der Waals surface area contributed by atoms with Gasteiger partial charge in [0.15, 0.2) is 0 Å². The molecule has 59 valence electrons. The van der Waals surface area contributed by atoms with Gasteiger partial charge in [0, 0.05) is 17.8 Å². The molecule has 0 saturated heterocycles. The molecule has 1 heterocycles. The number of nitrogens with one attached hydrogen (secondary N) is 1. The van der Waals surface area contributed by atoms with E-state index in [4.69, 9.17) is 0 Å². The topological polar surface area (TPSA) is 28.7 Å². The largest absolute Gasteiger partial charge is 0.284 e. The van der Waals surface area contributed by atoms with Gasteiger partial charge in [-0.25, -0.2) is 0 Å². The summed E-state index contributed by atoms with van der Waals surface area (Å²) in [7, 11) is 0. The Hall–Kier alpha value is -1.57. The van der Waals surface area contributed by atoms with Crippen molar-refractivity contribution in [1.82, 2.24) is 10.2 Å². The van der Waals surface area contributed by atoms with E-state index in [0.29, 0.717) is 0 Å². The number of nitrogens with zero attached hydrogens (tertiary/aromatic N) is 1. The molecule has 1 N–H and O–H groups in total. The van der Waals surface area contributed by atoms with Crippen molar-refractivity contribution in [2.24, 2.45) is 0 Å². The van der Waals surface area contributed by atoms with E-state index < -0.39 is 0 Å². The highest BCUT2D eigenvalue weighted by molar-refractivity contribution is 5.61. The zero-order valence-electron chi connectivity index (χ0n) is 6.83. The van der Waals surface area contributed by atoms with E-state index in [1.54, 1.807) is 6.20 Å². The van der Waals surface area contributed by atoms with Crippen LogP contribution in [-0.4, -0.2) is 10.2 Å². The Morgan fingerprint density at radius 1 is 1.33 bits per heavy atom. The first-order chi connectivity index (χ1) is 5.88. The van der Waals surface area contributed by atoms with E-state index in [-0.39, 0.29) is 0 Å². The Labute approximate surface area is 71.3 Å². The second-order valence-corrected chi connectivity index (χ2v) is 2.69. The second kappa shape index (κ2) is 2.81. The number of hydrogen-bond donors (Lipinski definition) is 1. The SMILES string of the molecule is Cc1ccccc1-c1[c]c[nH]n1.